The highest BCUT2D eigenvalue weighted by Gasteiger charge is 2.29. The van der Waals surface area contributed by atoms with Crippen molar-refractivity contribution in [2.45, 2.75) is 57.3 Å². The molecule has 2 N–H and O–H groups in total. The summed E-state index contributed by atoms with van der Waals surface area (Å²) in [6, 6.07) is 7.26. The van der Waals surface area contributed by atoms with E-state index in [1.165, 1.54) is 25.7 Å². The van der Waals surface area contributed by atoms with E-state index in [1.807, 2.05) is 42.2 Å². The molecule has 1 aliphatic carbocycles. The summed E-state index contributed by atoms with van der Waals surface area (Å²) in [5.74, 6) is 1.38. The predicted octanol–water partition coefficient (Wildman–Crippen LogP) is 3.98. The van der Waals surface area contributed by atoms with Gasteiger partial charge in [0.1, 0.15) is 0 Å². The number of carbonyl (C=O) groups is 2. The molecule has 0 spiro atoms. The van der Waals surface area contributed by atoms with E-state index in [9.17, 15) is 9.59 Å². The van der Waals surface area contributed by atoms with Gasteiger partial charge in [0.2, 0.25) is 17.8 Å². The highest BCUT2D eigenvalue weighted by molar-refractivity contribution is 5.93. The van der Waals surface area contributed by atoms with Crippen molar-refractivity contribution in [2.24, 2.45) is 11.7 Å². The Morgan fingerprint density at radius 1 is 1.09 bits per heavy atom. The van der Waals surface area contributed by atoms with Crippen LogP contribution < -0.4 is 10.6 Å². The summed E-state index contributed by atoms with van der Waals surface area (Å²) in [6.07, 6.45) is 10.7. The van der Waals surface area contributed by atoms with Crippen LogP contribution in [-0.4, -0.2) is 53.9 Å². The second-order valence-corrected chi connectivity index (χ2v) is 9.67. The quantitative estimate of drug-likeness (QED) is 0.690. The molecule has 1 aliphatic heterocycles. The number of benzene rings is 1. The number of primary amides is 1. The van der Waals surface area contributed by atoms with Crippen molar-refractivity contribution < 1.29 is 9.59 Å². The number of carbonyl (C=O) groups excluding carboxylic acids is 2. The second-order valence-electron chi connectivity index (χ2n) is 9.67. The first-order chi connectivity index (χ1) is 15.9. The zero-order chi connectivity index (χ0) is 23.4. The maximum atomic E-state index is 13.0. The van der Waals surface area contributed by atoms with E-state index in [-0.39, 0.29) is 11.8 Å². The molecule has 1 aromatic heterocycles. The van der Waals surface area contributed by atoms with E-state index in [0.717, 1.165) is 48.5 Å². The minimum absolute atomic E-state index is 0.154. The number of piperidine rings is 1. The number of nitrogens with two attached hydrogens (primary N) is 1. The van der Waals surface area contributed by atoms with Crippen molar-refractivity contribution in [2.75, 3.05) is 32.1 Å². The standard InChI is InChI=1S/C26H35N5O2/c1-30(2)26-28-16-22(19-10-12-20(13-11-19)25(27)33)24(29-26)21-8-5-15-31(17-21)23(32)14-9-18-6-3-4-7-18/h10-13,16,18,21H,3-9,14-15,17H2,1-2H3,(H2,27,33)/t21-/m0/s1. The maximum Gasteiger partial charge on any atom is 0.248 e. The number of nitrogens with zero attached hydrogens (tertiary/aromatic N) is 4. The molecule has 0 radical (unpaired) electrons. The molecular weight excluding hydrogens is 414 g/mol. The van der Waals surface area contributed by atoms with Gasteiger partial charge in [-0.1, -0.05) is 37.8 Å². The fourth-order valence-corrected chi connectivity index (χ4v) is 5.16. The lowest BCUT2D eigenvalue weighted by atomic mass is 9.89. The topological polar surface area (TPSA) is 92.4 Å². The molecule has 1 saturated carbocycles. The summed E-state index contributed by atoms with van der Waals surface area (Å²) in [5.41, 5.74) is 8.74. The summed E-state index contributed by atoms with van der Waals surface area (Å²) >= 11 is 0. The van der Waals surface area contributed by atoms with Gasteiger partial charge in [-0.05, 0) is 42.9 Å². The summed E-state index contributed by atoms with van der Waals surface area (Å²) in [5, 5.41) is 0. The third-order valence-electron chi connectivity index (χ3n) is 7.09. The molecule has 2 fully saturated rings. The Morgan fingerprint density at radius 2 is 1.82 bits per heavy atom. The van der Waals surface area contributed by atoms with Crippen LogP contribution in [-0.2, 0) is 4.79 Å². The number of anilines is 1. The second kappa shape index (κ2) is 10.3. The lowest BCUT2D eigenvalue weighted by Gasteiger charge is -2.34. The largest absolute Gasteiger partial charge is 0.366 e. The van der Waals surface area contributed by atoms with Crippen LogP contribution in [0, 0.1) is 5.92 Å². The Bertz CT molecular complexity index is 983. The molecule has 176 valence electrons. The third-order valence-corrected chi connectivity index (χ3v) is 7.09. The highest BCUT2D eigenvalue weighted by atomic mass is 16.2. The van der Waals surface area contributed by atoms with Crippen LogP contribution in [0.3, 0.4) is 0 Å². The van der Waals surface area contributed by atoms with Crippen LogP contribution in [0.4, 0.5) is 5.95 Å². The molecule has 1 atom stereocenters. The van der Waals surface area contributed by atoms with Gasteiger partial charge < -0.3 is 15.5 Å². The molecule has 0 bridgehead atoms. The van der Waals surface area contributed by atoms with E-state index in [4.69, 9.17) is 10.7 Å². The van der Waals surface area contributed by atoms with Gasteiger partial charge in [0, 0.05) is 56.8 Å². The number of hydrogen-bond donors (Lipinski definition) is 1. The van der Waals surface area contributed by atoms with Gasteiger partial charge >= 0.3 is 0 Å². The van der Waals surface area contributed by atoms with E-state index in [1.54, 1.807) is 12.1 Å². The van der Waals surface area contributed by atoms with Gasteiger partial charge in [-0.15, -0.1) is 0 Å². The van der Waals surface area contributed by atoms with Crippen molar-refractivity contribution in [1.29, 1.82) is 0 Å². The van der Waals surface area contributed by atoms with Crippen LogP contribution in [0.5, 0.6) is 0 Å². The zero-order valence-electron chi connectivity index (χ0n) is 19.8. The molecular formula is C26H35N5O2. The lowest BCUT2D eigenvalue weighted by Crippen LogP contribution is -2.39. The van der Waals surface area contributed by atoms with Crippen LogP contribution in [0.1, 0.15) is 73.3 Å². The maximum absolute atomic E-state index is 13.0. The summed E-state index contributed by atoms with van der Waals surface area (Å²) in [7, 11) is 3.86. The average molecular weight is 450 g/mol. The van der Waals surface area contributed by atoms with Crippen LogP contribution >= 0.6 is 0 Å². The first-order valence-electron chi connectivity index (χ1n) is 12.1. The van der Waals surface area contributed by atoms with Gasteiger partial charge in [-0.25, -0.2) is 9.97 Å². The summed E-state index contributed by atoms with van der Waals surface area (Å²) in [6.45, 7) is 1.52. The number of amides is 2. The van der Waals surface area contributed by atoms with Crippen molar-refractivity contribution in [3.8, 4) is 11.1 Å². The Hall–Kier alpha value is -2.96. The molecule has 2 aliphatic rings. The average Bonchev–Trinajstić information content (AvgIpc) is 3.36. The number of hydrogen-bond acceptors (Lipinski definition) is 5. The first-order valence-corrected chi connectivity index (χ1v) is 12.1. The van der Waals surface area contributed by atoms with E-state index in [2.05, 4.69) is 4.98 Å². The van der Waals surface area contributed by atoms with E-state index >= 15 is 0 Å². The zero-order valence-corrected chi connectivity index (χ0v) is 19.8. The van der Waals surface area contributed by atoms with Gasteiger partial charge in [0.25, 0.3) is 0 Å². The van der Waals surface area contributed by atoms with E-state index in [0.29, 0.717) is 24.5 Å². The van der Waals surface area contributed by atoms with Crippen molar-refractivity contribution in [3.05, 3.63) is 41.7 Å². The molecule has 33 heavy (non-hydrogen) atoms. The molecule has 0 unspecified atom stereocenters. The molecule has 1 aromatic carbocycles. The Morgan fingerprint density at radius 3 is 2.48 bits per heavy atom. The minimum Gasteiger partial charge on any atom is -0.366 e. The van der Waals surface area contributed by atoms with Crippen molar-refractivity contribution in [1.82, 2.24) is 14.9 Å². The fourth-order valence-electron chi connectivity index (χ4n) is 5.16. The monoisotopic (exact) mass is 449 g/mol. The van der Waals surface area contributed by atoms with Gasteiger partial charge in [0.15, 0.2) is 0 Å². The predicted molar refractivity (Wildman–Crippen MR) is 130 cm³/mol. The molecule has 1 saturated heterocycles. The molecule has 2 amide bonds. The third kappa shape index (κ3) is 5.52. The Labute approximate surface area is 196 Å². The molecule has 4 rings (SSSR count). The van der Waals surface area contributed by atoms with Crippen LogP contribution in [0.15, 0.2) is 30.5 Å². The molecule has 7 heteroatoms. The number of likely N-dealkylation sites (tertiary alicyclic amines) is 1. The van der Waals surface area contributed by atoms with Gasteiger partial charge in [0.05, 0.1) is 5.69 Å². The molecule has 2 aromatic rings. The van der Waals surface area contributed by atoms with E-state index < -0.39 is 5.91 Å². The Balaban J connectivity index is 1.55. The fraction of sp³-hybridized carbons (Fsp3) is 0.538. The van der Waals surface area contributed by atoms with Crippen molar-refractivity contribution in [3.63, 3.8) is 0 Å². The number of aromatic nitrogens is 2. The normalized spacial score (nSPS) is 19.0. The summed E-state index contributed by atoms with van der Waals surface area (Å²) < 4.78 is 0. The smallest absolute Gasteiger partial charge is 0.248 e. The first kappa shape index (κ1) is 23.2. The lowest BCUT2D eigenvalue weighted by molar-refractivity contribution is -0.132. The minimum atomic E-state index is -0.444. The SMILES string of the molecule is CN(C)c1ncc(-c2ccc(C(N)=O)cc2)c([C@H]2CCCN(C(=O)CCC3CCCC3)C2)n1. The van der Waals surface area contributed by atoms with Crippen LogP contribution in [0.2, 0.25) is 0 Å². The highest BCUT2D eigenvalue weighted by Crippen LogP contribution is 2.35. The molecule has 2 heterocycles. The molecule has 7 nitrogen and oxygen atoms in total. The Kier molecular flexibility index (Phi) is 7.26. The summed E-state index contributed by atoms with van der Waals surface area (Å²) in [4.78, 5) is 37.9. The number of rotatable bonds is 7. The van der Waals surface area contributed by atoms with Crippen molar-refractivity contribution >= 4 is 17.8 Å². The van der Waals surface area contributed by atoms with Crippen LogP contribution in [0.25, 0.3) is 11.1 Å². The van der Waals surface area contributed by atoms with Gasteiger partial charge in [-0.2, -0.15) is 0 Å². The van der Waals surface area contributed by atoms with Gasteiger partial charge in [-0.3, -0.25) is 9.59 Å².